The summed E-state index contributed by atoms with van der Waals surface area (Å²) in [5.74, 6) is -0.457. The number of aryl methyl sites for hydroxylation is 1. The van der Waals surface area contributed by atoms with Crippen LogP contribution in [0.15, 0.2) is 53.4 Å². The van der Waals surface area contributed by atoms with Crippen LogP contribution in [0.1, 0.15) is 24.5 Å². The standard InChI is InChI=1S/C19H19F3N2O3S/c1-13(7-8-14-5-3-2-4-6-14)23-18(25)12-28-17-10-9-15(19(20,21)22)11-16(17)24(26)27/h2-6,9-11,13H,7-8,12H2,1H3,(H,23,25). The fourth-order valence-electron chi connectivity index (χ4n) is 2.52. The summed E-state index contributed by atoms with van der Waals surface area (Å²) >= 11 is 0.838. The topological polar surface area (TPSA) is 72.2 Å². The molecule has 0 aromatic heterocycles. The lowest BCUT2D eigenvalue weighted by molar-refractivity contribution is -0.388. The maximum absolute atomic E-state index is 12.7. The predicted molar refractivity (Wildman–Crippen MR) is 101 cm³/mol. The molecule has 0 aliphatic rings. The Bertz CT molecular complexity index is 829. The van der Waals surface area contributed by atoms with E-state index in [9.17, 15) is 28.1 Å². The van der Waals surface area contributed by atoms with Gasteiger partial charge in [0, 0.05) is 12.1 Å². The molecular formula is C19H19F3N2O3S. The van der Waals surface area contributed by atoms with Crippen molar-refractivity contribution in [2.24, 2.45) is 0 Å². The fraction of sp³-hybridized carbons (Fsp3) is 0.316. The zero-order valence-corrected chi connectivity index (χ0v) is 15.8. The number of alkyl halides is 3. The molecule has 0 radical (unpaired) electrons. The van der Waals surface area contributed by atoms with Crippen LogP contribution in [0.25, 0.3) is 0 Å². The third-order valence-electron chi connectivity index (χ3n) is 3.96. The summed E-state index contributed by atoms with van der Waals surface area (Å²) in [6, 6.07) is 12.0. The van der Waals surface area contributed by atoms with Crippen molar-refractivity contribution in [2.75, 3.05) is 5.75 Å². The van der Waals surface area contributed by atoms with Crippen LogP contribution in [0.5, 0.6) is 0 Å². The molecule has 0 spiro atoms. The van der Waals surface area contributed by atoms with Crippen LogP contribution in [-0.2, 0) is 17.4 Å². The van der Waals surface area contributed by atoms with Crippen molar-refractivity contribution in [1.29, 1.82) is 0 Å². The quantitative estimate of drug-likeness (QED) is 0.382. The molecule has 5 nitrogen and oxygen atoms in total. The summed E-state index contributed by atoms with van der Waals surface area (Å²) in [5.41, 5.74) is -0.606. The number of amides is 1. The highest BCUT2D eigenvalue weighted by atomic mass is 32.2. The zero-order chi connectivity index (χ0) is 20.7. The summed E-state index contributed by atoms with van der Waals surface area (Å²) in [6.45, 7) is 1.85. The molecule has 2 aromatic rings. The SMILES string of the molecule is CC(CCc1ccccc1)NC(=O)CSc1ccc(C(F)(F)F)cc1[N+](=O)[O-]. The maximum atomic E-state index is 12.7. The van der Waals surface area contributed by atoms with E-state index in [1.54, 1.807) is 0 Å². The molecule has 28 heavy (non-hydrogen) atoms. The number of halogens is 3. The molecule has 2 aromatic carbocycles. The van der Waals surface area contributed by atoms with Crippen LogP contribution in [-0.4, -0.2) is 22.6 Å². The third kappa shape index (κ3) is 6.56. The van der Waals surface area contributed by atoms with E-state index in [4.69, 9.17) is 0 Å². The van der Waals surface area contributed by atoms with E-state index in [1.165, 1.54) is 0 Å². The van der Waals surface area contributed by atoms with Gasteiger partial charge < -0.3 is 5.32 Å². The van der Waals surface area contributed by atoms with Crippen molar-refractivity contribution in [3.63, 3.8) is 0 Å². The van der Waals surface area contributed by atoms with Gasteiger partial charge in [-0.25, -0.2) is 0 Å². The third-order valence-corrected chi connectivity index (χ3v) is 5.02. The van der Waals surface area contributed by atoms with Gasteiger partial charge in [0.25, 0.3) is 5.69 Å². The molecule has 1 atom stereocenters. The second-order valence-electron chi connectivity index (χ2n) is 6.22. The molecule has 1 N–H and O–H groups in total. The number of carbonyl (C=O) groups excluding carboxylic acids is 1. The minimum atomic E-state index is -4.67. The van der Waals surface area contributed by atoms with Gasteiger partial charge in [0.15, 0.2) is 0 Å². The summed E-state index contributed by atoms with van der Waals surface area (Å²) in [4.78, 5) is 22.3. The smallest absolute Gasteiger partial charge is 0.353 e. The number of nitro groups is 1. The molecule has 0 heterocycles. The van der Waals surface area contributed by atoms with Gasteiger partial charge in [-0.3, -0.25) is 14.9 Å². The van der Waals surface area contributed by atoms with Gasteiger partial charge in [-0.2, -0.15) is 13.2 Å². The van der Waals surface area contributed by atoms with Crippen LogP contribution >= 0.6 is 11.8 Å². The summed E-state index contributed by atoms with van der Waals surface area (Å²) < 4.78 is 38.2. The highest BCUT2D eigenvalue weighted by Crippen LogP contribution is 2.36. The Kier molecular flexibility index (Phi) is 7.45. The Morgan fingerprint density at radius 3 is 2.50 bits per heavy atom. The number of thioether (sulfide) groups is 1. The number of rotatable bonds is 8. The molecular weight excluding hydrogens is 393 g/mol. The van der Waals surface area contributed by atoms with Gasteiger partial charge >= 0.3 is 6.18 Å². The first-order valence-corrected chi connectivity index (χ1v) is 9.47. The molecule has 2 rings (SSSR count). The molecule has 0 bridgehead atoms. The second kappa shape index (κ2) is 9.59. The fourth-order valence-corrected chi connectivity index (χ4v) is 3.33. The van der Waals surface area contributed by atoms with Gasteiger partial charge in [-0.05, 0) is 37.5 Å². The highest BCUT2D eigenvalue weighted by Gasteiger charge is 2.33. The minimum absolute atomic E-state index is 0.0186. The zero-order valence-electron chi connectivity index (χ0n) is 15.0. The molecule has 0 saturated heterocycles. The van der Waals surface area contributed by atoms with Crippen LogP contribution in [0.2, 0.25) is 0 Å². The number of nitro benzene ring substituents is 1. The average molecular weight is 412 g/mol. The van der Waals surface area contributed by atoms with Crippen LogP contribution in [0, 0.1) is 10.1 Å². The lowest BCUT2D eigenvalue weighted by Gasteiger charge is -2.14. The van der Waals surface area contributed by atoms with E-state index in [1.807, 2.05) is 37.3 Å². The van der Waals surface area contributed by atoms with Gasteiger partial charge in [0.1, 0.15) is 0 Å². The van der Waals surface area contributed by atoms with Crippen molar-refractivity contribution < 1.29 is 22.9 Å². The van der Waals surface area contributed by atoms with Crippen LogP contribution in [0.4, 0.5) is 18.9 Å². The molecule has 0 fully saturated rings. The lowest BCUT2D eigenvalue weighted by atomic mass is 10.1. The van der Waals surface area contributed by atoms with E-state index in [-0.39, 0.29) is 22.6 Å². The lowest BCUT2D eigenvalue weighted by Crippen LogP contribution is -2.34. The van der Waals surface area contributed by atoms with E-state index in [2.05, 4.69) is 5.32 Å². The molecule has 0 saturated carbocycles. The summed E-state index contributed by atoms with van der Waals surface area (Å²) in [7, 11) is 0. The Hall–Kier alpha value is -2.55. The van der Waals surface area contributed by atoms with Crippen molar-refractivity contribution in [2.45, 2.75) is 36.9 Å². The second-order valence-corrected chi connectivity index (χ2v) is 7.24. The van der Waals surface area contributed by atoms with E-state index < -0.39 is 22.4 Å². The Morgan fingerprint density at radius 1 is 1.21 bits per heavy atom. The number of hydrogen-bond donors (Lipinski definition) is 1. The number of nitrogens with zero attached hydrogens (tertiary/aromatic N) is 1. The monoisotopic (exact) mass is 412 g/mol. The van der Waals surface area contributed by atoms with Crippen LogP contribution in [0.3, 0.4) is 0 Å². The van der Waals surface area contributed by atoms with Gasteiger partial charge in [-0.15, -0.1) is 11.8 Å². The Balaban J connectivity index is 1.90. The number of benzene rings is 2. The largest absolute Gasteiger partial charge is 0.416 e. The normalized spacial score (nSPS) is 12.4. The van der Waals surface area contributed by atoms with Gasteiger partial charge in [0.2, 0.25) is 5.91 Å². The first-order chi connectivity index (χ1) is 13.2. The number of nitrogens with one attached hydrogen (secondary N) is 1. The molecule has 1 unspecified atom stereocenters. The maximum Gasteiger partial charge on any atom is 0.416 e. The highest BCUT2D eigenvalue weighted by molar-refractivity contribution is 8.00. The molecule has 150 valence electrons. The van der Waals surface area contributed by atoms with Crippen molar-refractivity contribution in [1.82, 2.24) is 5.32 Å². The first kappa shape index (κ1) is 21.7. The van der Waals surface area contributed by atoms with Gasteiger partial charge in [0.05, 0.1) is 21.1 Å². The average Bonchev–Trinajstić information content (AvgIpc) is 2.64. The Morgan fingerprint density at radius 2 is 1.89 bits per heavy atom. The minimum Gasteiger partial charge on any atom is -0.353 e. The molecule has 9 heteroatoms. The van der Waals surface area contributed by atoms with Crippen molar-refractivity contribution in [3.8, 4) is 0 Å². The van der Waals surface area contributed by atoms with E-state index >= 15 is 0 Å². The predicted octanol–water partition coefficient (Wildman–Crippen LogP) is 4.84. The summed E-state index contributed by atoms with van der Waals surface area (Å²) in [5, 5.41) is 13.9. The summed E-state index contributed by atoms with van der Waals surface area (Å²) in [6.07, 6.45) is -3.15. The van der Waals surface area contributed by atoms with Crippen LogP contribution < -0.4 is 5.32 Å². The molecule has 0 aliphatic heterocycles. The van der Waals surface area contributed by atoms with E-state index in [0.29, 0.717) is 6.07 Å². The van der Waals surface area contributed by atoms with Crippen molar-refractivity contribution in [3.05, 3.63) is 69.8 Å². The number of hydrogen-bond acceptors (Lipinski definition) is 4. The molecule has 0 aliphatic carbocycles. The first-order valence-electron chi connectivity index (χ1n) is 8.48. The number of carbonyl (C=O) groups is 1. The Labute approximate surface area is 164 Å². The van der Waals surface area contributed by atoms with Gasteiger partial charge in [-0.1, -0.05) is 30.3 Å². The van der Waals surface area contributed by atoms with Crippen molar-refractivity contribution >= 4 is 23.4 Å². The molecule has 1 amide bonds. The van der Waals surface area contributed by atoms with E-state index in [0.717, 1.165) is 42.3 Å².